The van der Waals surface area contributed by atoms with Crippen LogP contribution in [0, 0.1) is 11.8 Å². The summed E-state index contributed by atoms with van der Waals surface area (Å²) in [6.07, 6.45) is -1.87. The number of nitrogens with two attached hydrogens (primary N) is 1. The maximum absolute atomic E-state index is 13.7. The molecular formula is C22H25ClN2O9. The van der Waals surface area contributed by atoms with Gasteiger partial charge in [0.25, 0.3) is 5.91 Å². The van der Waals surface area contributed by atoms with Crippen molar-refractivity contribution in [3.8, 4) is 5.75 Å². The molecule has 0 radical (unpaired) electrons. The molecule has 3 aliphatic carbocycles. The largest absolute Gasteiger partial charge is 0.508 e. The summed E-state index contributed by atoms with van der Waals surface area (Å²) in [4.78, 5) is 39.9. The van der Waals surface area contributed by atoms with Crippen molar-refractivity contribution >= 4 is 35.6 Å². The molecule has 0 saturated heterocycles. The van der Waals surface area contributed by atoms with Crippen LogP contribution < -0.4 is 5.73 Å². The van der Waals surface area contributed by atoms with Crippen LogP contribution in [0.5, 0.6) is 5.75 Å². The van der Waals surface area contributed by atoms with Gasteiger partial charge in [-0.3, -0.25) is 19.3 Å². The standard InChI is InChI=1S/C22H24N2O9.ClH/c1-21(32)7-5-4-6-8(25)9(7)15(26)10-12(21)17(28)13-14(24(2)3)16(27)11(20(23)31)19(30)22(13,33)18(10)29;/h4-6,12-14,17,25-26,28,30,32-33H,1-3H3,(H2,23,31);1H/t12?,13?,14?,17?,21-,22-;/m1./s1. The lowest BCUT2D eigenvalue weighted by Gasteiger charge is -2.55. The molecule has 1 amide bonds. The van der Waals surface area contributed by atoms with Gasteiger partial charge in [-0.25, -0.2) is 0 Å². The van der Waals surface area contributed by atoms with E-state index < -0.39 is 81.1 Å². The lowest BCUT2D eigenvalue weighted by Crippen LogP contribution is -2.71. The molecule has 1 saturated carbocycles. The second-order valence-electron chi connectivity index (χ2n) is 9.06. The van der Waals surface area contributed by atoms with Crippen molar-refractivity contribution in [2.75, 3.05) is 14.1 Å². The summed E-state index contributed by atoms with van der Waals surface area (Å²) in [6.45, 7) is 1.25. The van der Waals surface area contributed by atoms with Gasteiger partial charge in [0.05, 0.1) is 40.7 Å². The number of carbonyl (C=O) groups excluding carboxylic acids is 3. The predicted molar refractivity (Wildman–Crippen MR) is 119 cm³/mol. The van der Waals surface area contributed by atoms with Crippen molar-refractivity contribution in [1.82, 2.24) is 4.90 Å². The van der Waals surface area contributed by atoms with E-state index in [1.165, 1.54) is 44.1 Å². The molecule has 0 spiro atoms. The van der Waals surface area contributed by atoms with Crippen molar-refractivity contribution in [2.45, 2.75) is 30.3 Å². The average molecular weight is 497 g/mol. The number of ketones is 2. The van der Waals surface area contributed by atoms with Crippen molar-refractivity contribution in [2.24, 2.45) is 17.6 Å². The second-order valence-corrected chi connectivity index (χ2v) is 9.06. The number of nitrogens with zero attached hydrogens (tertiary/aromatic N) is 1. The number of likely N-dealkylation sites (N-methyl/N-ethyl adjacent to an activating group) is 1. The van der Waals surface area contributed by atoms with Crippen LogP contribution in [0.15, 0.2) is 35.1 Å². The summed E-state index contributed by atoms with van der Waals surface area (Å²) in [5, 5.41) is 66.3. The smallest absolute Gasteiger partial charge is 0.255 e. The molecule has 1 aromatic rings. The van der Waals surface area contributed by atoms with Gasteiger partial charge in [-0.1, -0.05) is 12.1 Å². The van der Waals surface area contributed by atoms with Crippen LogP contribution in [0.25, 0.3) is 5.76 Å². The number of benzene rings is 1. The Morgan fingerprint density at radius 1 is 1.12 bits per heavy atom. The Bertz CT molecular complexity index is 1190. The van der Waals surface area contributed by atoms with Gasteiger partial charge < -0.3 is 36.4 Å². The number of halogens is 1. The van der Waals surface area contributed by atoms with Crippen LogP contribution in [0.1, 0.15) is 18.1 Å². The van der Waals surface area contributed by atoms with Crippen molar-refractivity contribution in [3.05, 3.63) is 46.2 Å². The van der Waals surface area contributed by atoms with E-state index in [1.807, 2.05) is 0 Å². The number of aliphatic hydroxyl groups excluding tert-OH is 3. The fourth-order valence-corrected chi connectivity index (χ4v) is 5.60. The number of phenolic OH excluding ortho intramolecular Hbond substituents is 1. The first-order valence-electron chi connectivity index (χ1n) is 10.1. The topological polar surface area (TPSA) is 202 Å². The number of rotatable bonds is 2. The third-order valence-corrected chi connectivity index (χ3v) is 7.03. The molecule has 184 valence electrons. The van der Waals surface area contributed by atoms with Gasteiger partial charge in [-0.05, 0) is 32.6 Å². The second kappa shape index (κ2) is 7.79. The summed E-state index contributed by atoms with van der Waals surface area (Å²) in [7, 11) is 2.80. The summed E-state index contributed by atoms with van der Waals surface area (Å²) in [6, 6.07) is 2.50. The molecule has 4 rings (SSSR count). The maximum atomic E-state index is 13.7. The zero-order valence-corrected chi connectivity index (χ0v) is 19.2. The van der Waals surface area contributed by atoms with Crippen molar-refractivity contribution < 1.29 is 45.0 Å². The third kappa shape index (κ3) is 2.88. The highest BCUT2D eigenvalue weighted by atomic mass is 35.5. The van der Waals surface area contributed by atoms with Gasteiger partial charge in [0.1, 0.15) is 22.8 Å². The molecule has 4 unspecified atom stereocenters. The molecule has 0 aromatic heterocycles. The average Bonchev–Trinajstić information content (AvgIpc) is 2.70. The number of aliphatic hydroxyl groups is 5. The molecule has 0 heterocycles. The fraction of sp³-hybridized carbons (Fsp3) is 0.409. The summed E-state index contributed by atoms with van der Waals surface area (Å²) >= 11 is 0. The van der Waals surface area contributed by atoms with Crippen LogP contribution in [0.2, 0.25) is 0 Å². The highest BCUT2D eigenvalue weighted by Crippen LogP contribution is 2.57. The van der Waals surface area contributed by atoms with Crippen molar-refractivity contribution in [1.29, 1.82) is 0 Å². The van der Waals surface area contributed by atoms with E-state index in [1.54, 1.807) is 0 Å². The van der Waals surface area contributed by atoms with Crippen LogP contribution in [0.3, 0.4) is 0 Å². The number of amides is 1. The quantitative estimate of drug-likeness (QED) is 0.249. The zero-order valence-electron chi connectivity index (χ0n) is 18.4. The minimum absolute atomic E-state index is 0. The zero-order chi connectivity index (χ0) is 24.8. The number of fused-ring (bicyclic) bond motifs is 3. The molecule has 3 aliphatic rings. The van der Waals surface area contributed by atoms with E-state index in [9.17, 15) is 45.0 Å². The molecule has 0 aliphatic heterocycles. The Balaban J connectivity index is 0.00000324. The van der Waals surface area contributed by atoms with Crippen molar-refractivity contribution in [3.63, 3.8) is 0 Å². The normalized spacial score (nSPS) is 34.9. The Kier molecular flexibility index (Phi) is 5.88. The molecule has 11 nitrogen and oxygen atoms in total. The molecule has 34 heavy (non-hydrogen) atoms. The van der Waals surface area contributed by atoms with E-state index in [0.717, 1.165) is 0 Å². The number of primary amides is 1. The van der Waals surface area contributed by atoms with Gasteiger partial charge in [-0.15, -0.1) is 12.4 Å². The van der Waals surface area contributed by atoms with E-state index in [-0.39, 0.29) is 23.5 Å². The Labute approximate surface area is 199 Å². The number of hydrogen-bond donors (Lipinski definition) is 7. The van der Waals surface area contributed by atoms with Crippen LogP contribution in [-0.4, -0.2) is 84.9 Å². The number of hydrogen-bond acceptors (Lipinski definition) is 10. The fourth-order valence-electron chi connectivity index (χ4n) is 5.60. The first kappa shape index (κ1) is 25.7. The lowest BCUT2D eigenvalue weighted by atomic mass is 9.53. The molecule has 8 N–H and O–H groups in total. The Morgan fingerprint density at radius 2 is 1.71 bits per heavy atom. The van der Waals surface area contributed by atoms with Gasteiger partial charge in [0.2, 0.25) is 5.78 Å². The molecule has 0 bridgehead atoms. The molecule has 6 atom stereocenters. The third-order valence-electron chi connectivity index (χ3n) is 7.03. The molecule has 1 fully saturated rings. The monoisotopic (exact) mass is 496 g/mol. The summed E-state index contributed by atoms with van der Waals surface area (Å²) < 4.78 is 0. The number of Topliss-reactive ketones (excluding diaryl/α,β-unsaturated/α-hetero) is 2. The van der Waals surface area contributed by atoms with E-state index in [2.05, 4.69) is 0 Å². The lowest BCUT2D eigenvalue weighted by molar-refractivity contribution is -0.181. The Morgan fingerprint density at radius 3 is 2.24 bits per heavy atom. The van der Waals surface area contributed by atoms with Gasteiger partial charge >= 0.3 is 0 Å². The van der Waals surface area contributed by atoms with E-state index in [4.69, 9.17) is 5.73 Å². The predicted octanol–water partition coefficient (Wildman–Crippen LogP) is -0.978. The molecule has 12 heteroatoms. The molecule has 1 aromatic carbocycles. The minimum atomic E-state index is -3.02. The number of aromatic hydroxyl groups is 1. The van der Waals surface area contributed by atoms with E-state index >= 15 is 0 Å². The van der Waals surface area contributed by atoms with Gasteiger partial charge in [-0.2, -0.15) is 0 Å². The van der Waals surface area contributed by atoms with Crippen LogP contribution in [-0.2, 0) is 20.0 Å². The number of carbonyl (C=O) groups is 3. The Hall–Kier alpha value is -2.96. The van der Waals surface area contributed by atoms with E-state index in [0.29, 0.717) is 0 Å². The van der Waals surface area contributed by atoms with Crippen LogP contribution in [0.4, 0.5) is 0 Å². The highest BCUT2D eigenvalue weighted by Gasteiger charge is 2.70. The first-order chi connectivity index (χ1) is 15.2. The SMILES string of the molecule is CN(C)C1C(=O)C(C(N)=O)=C(O)[C@]2(O)C(=O)C3=C(O)c4c(O)cccc4[C@@](C)(O)C3C(O)C12.Cl. The number of phenols is 1. The van der Waals surface area contributed by atoms with Crippen LogP contribution >= 0.6 is 12.4 Å². The van der Waals surface area contributed by atoms with Gasteiger partial charge in [0, 0.05) is 0 Å². The molecular weight excluding hydrogens is 472 g/mol. The summed E-state index contributed by atoms with van der Waals surface area (Å²) in [5.74, 6) is -9.67. The van der Waals surface area contributed by atoms with Gasteiger partial charge in [0.15, 0.2) is 11.4 Å². The summed E-state index contributed by atoms with van der Waals surface area (Å²) in [5.41, 5.74) is -1.78. The maximum Gasteiger partial charge on any atom is 0.255 e. The highest BCUT2D eigenvalue weighted by molar-refractivity contribution is 6.24. The minimum Gasteiger partial charge on any atom is -0.508 e. The first-order valence-corrected chi connectivity index (χ1v) is 10.1.